The summed E-state index contributed by atoms with van der Waals surface area (Å²) < 4.78 is 32.0. The first-order chi connectivity index (χ1) is 10.6. The Morgan fingerprint density at radius 1 is 1.09 bits per heavy atom. The quantitative estimate of drug-likeness (QED) is 0.776. The molecule has 112 valence electrons. The molecule has 1 aromatic heterocycles. The van der Waals surface area contributed by atoms with Crippen molar-refractivity contribution >= 4 is 11.6 Å². The Morgan fingerprint density at radius 2 is 1.86 bits per heavy atom. The summed E-state index contributed by atoms with van der Waals surface area (Å²) in [6, 6.07) is 9.52. The summed E-state index contributed by atoms with van der Waals surface area (Å²) >= 11 is 6.04. The van der Waals surface area contributed by atoms with Crippen molar-refractivity contribution in [3.63, 3.8) is 0 Å². The fraction of sp³-hybridized carbons (Fsp3) is 0.0625. The average molecular weight is 322 g/mol. The van der Waals surface area contributed by atoms with E-state index in [1.54, 1.807) is 6.07 Å². The average Bonchev–Trinajstić information content (AvgIpc) is 2.93. The molecule has 0 saturated heterocycles. The molecule has 0 aliphatic rings. The second kappa shape index (κ2) is 5.87. The molecule has 1 heterocycles. The van der Waals surface area contributed by atoms with Gasteiger partial charge in [-0.3, -0.25) is 0 Å². The Balaban J connectivity index is 2.17. The van der Waals surface area contributed by atoms with Gasteiger partial charge in [-0.05, 0) is 30.3 Å². The first-order valence-corrected chi connectivity index (χ1v) is 6.78. The van der Waals surface area contributed by atoms with E-state index in [2.05, 4.69) is 5.16 Å². The number of rotatable bonds is 3. The van der Waals surface area contributed by atoms with Gasteiger partial charge < -0.3 is 9.63 Å². The van der Waals surface area contributed by atoms with E-state index in [1.807, 2.05) is 0 Å². The second-order valence-electron chi connectivity index (χ2n) is 4.63. The summed E-state index contributed by atoms with van der Waals surface area (Å²) in [6.45, 7) is -0.405. The topological polar surface area (TPSA) is 46.3 Å². The SMILES string of the molecule is OCc1c(-c2cccc(F)c2)noc1-c1cc(F)ccc1Cl. The molecule has 6 heteroatoms. The molecular weight excluding hydrogens is 312 g/mol. The predicted octanol–water partition coefficient (Wildman–Crippen LogP) is 4.43. The molecule has 1 N–H and O–H groups in total. The summed E-state index contributed by atoms with van der Waals surface area (Å²) in [6.07, 6.45) is 0. The van der Waals surface area contributed by atoms with E-state index in [0.29, 0.717) is 11.1 Å². The molecule has 3 aromatic rings. The van der Waals surface area contributed by atoms with Gasteiger partial charge in [0.25, 0.3) is 0 Å². The standard InChI is InChI=1S/C16H10ClF2NO2/c17-14-5-4-11(19)7-12(14)16-13(8-21)15(20-22-16)9-2-1-3-10(18)6-9/h1-7,21H,8H2. The molecule has 0 saturated carbocycles. The number of aliphatic hydroxyl groups is 1. The van der Waals surface area contributed by atoms with E-state index in [-0.39, 0.29) is 22.0 Å². The van der Waals surface area contributed by atoms with Crippen molar-refractivity contribution in [1.29, 1.82) is 0 Å². The van der Waals surface area contributed by atoms with Gasteiger partial charge in [0.1, 0.15) is 17.3 Å². The van der Waals surface area contributed by atoms with E-state index in [9.17, 15) is 13.9 Å². The zero-order chi connectivity index (χ0) is 15.7. The normalized spacial score (nSPS) is 10.9. The lowest BCUT2D eigenvalue weighted by Crippen LogP contribution is -1.90. The highest BCUT2D eigenvalue weighted by Crippen LogP contribution is 2.36. The minimum Gasteiger partial charge on any atom is -0.391 e. The van der Waals surface area contributed by atoms with Gasteiger partial charge in [-0.15, -0.1) is 0 Å². The van der Waals surface area contributed by atoms with Crippen molar-refractivity contribution in [2.24, 2.45) is 0 Å². The van der Waals surface area contributed by atoms with E-state index < -0.39 is 18.2 Å². The van der Waals surface area contributed by atoms with Crippen LogP contribution in [0.5, 0.6) is 0 Å². The van der Waals surface area contributed by atoms with Crippen LogP contribution in [-0.2, 0) is 6.61 Å². The molecule has 22 heavy (non-hydrogen) atoms. The van der Waals surface area contributed by atoms with Gasteiger partial charge in [-0.2, -0.15) is 0 Å². The Bertz CT molecular complexity index is 833. The highest BCUT2D eigenvalue weighted by Gasteiger charge is 2.20. The highest BCUT2D eigenvalue weighted by molar-refractivity contribution is 6.33. The van der Waals surface area contributed by atoms with Crippen LogP contribution in [0.3, 0.4) is 0 Å². The number of hydrogen-bond donors (Lipinski definition) is 1. The van der Waals surface area contributed by atoms with Gasteiger partial charge in [-0.1, -0.05) is 28.9 Å². The van der Waals surface area contributed by atoms with Gasteiger partial charge >= 0.3 is 0 Å². The lowest BCUT2D eigenvalue weighted by atomic mass is 10.0. The van der Waals surface area contributed by atoms with Crippen LogP contribution in [0.1, 0.15) is 5.56 Å². The molecule has 0 spiro atoms. The Hall–Kier alpha value is -2.24. The van der Waals surface area contributed by atoms with Gasteiger partial charge in [0.05, 0.1) is 17.2 Å². The van der Waals surface area contributed by atoms with Crippen molar-refractivity contribution in [2.75, 3.05) is 0 Å². The number of halogens is 3. The van der Waals surface area contributed by atoms with Crippen LogP contribution in [0.2, 0.25) is 5.02 Å². The molecule has 0 unspecified atom stereocenters. The first kappa shape index (κ1) is 14.7. The van der Waals surface area contributed by atoms with E-state index in [4.69, 9.17) is 16.1 Å². The molecule has 0 bridgehead atoms. The van der Waals surface area contributed by atoms with Crippen LogP contribution >= 0.6 is 11.6 Å². The third-order valence-electron chi connectivity index (χ3n) is 3.22. The Morgan fingerprint density at radius 3 is 2.59 bits per heavy atom. The molecule has 3 nitrogen and oxygen atoms in total. The van der Waals surface area contributed by atoms with Crippen molar-refractivity contribution in [2.45, 2.75) is 6.61 Å². The van der Waals surface area contributed by atoms with Crippen LogP contribution in [0.4, 0.5) is 8.78 Å². The first-order valence-electron chi connectivity index (χ1n) is 6.41. The number of benzene rings is 2. The van der Waals surface area contributed by atoms with Gasteiger partial charge in [0, 0.05) is 11.1 Å². The maximum Gasteiger partial charge on any atom is 0.174 e. The van der Waals surface area contributed by atoms with Gasteiger partial charge in [0.2, 0.25) is 0 Å². The van der Waals surface area contributed by atoms with Crippen LogP contribution in [0.15, 0.2) is 47.0 Å². The van der Waals surface area contributed by atoms with Crippen LogP contribution < -0.4 is 0 Å². The maximum atomic E-state index is 13.4. The van der Waals surface area contributed by atoms with Gasteiger partial charge in [-0.25, -0.2) is 8.78 Å². The summed E-state index contributed by atoms with van der Waals surface area (Å²) in [5, 5.41) is 13.7. The number of nitrogens with zero attached hydrogens (tertiary/aromatic N) is 1. The monoisotopic (exact) mass is 321 g/mol. The van der Waals surface area contributed by atoms with Crippen molar-refractivity contribution < 1.29 is 18.4 Å². The molecule has 0 aliphatic carbocycles. The third-order valence-corrected chi connectivity index (χ3v) is 3.55. The van der Waals surface area contributed by atoms with Gasteiger partial charge in [0.15, 0.2) is 5.76 Å². The van der Waals surface area contributed by atoms with Crippen LogP contribution in [-0.4, -0.2) is 10.3 Å². The second-order valence-corrected chi connectivity index (χ2v) is 5.04. The smallest absolute Gasteiger partial charge is 0.174 e. The molecule has 0 radical (unpaired) electrons. The fourth-order valence-corrected chi connectivity index (χ4v) is 2.41. The van der Waals surface area contributed by atoms with E-state index in [1.165, 1.54) is 36.4 Å². The number of aliphatic hydroxyl groups excluding tert-OH is 1. The molecular formula is C16H10ClF2NO2. The lowest BCUT2D eigenvalue weighted by Gasteiger charge is -2.03. The maximum absolute atomic E-state index is 13.4. The minimum absolute atomic E-state index is 0.159. The molecule has 0 atom stereocenters. The number of hydrogen-bond acceptors (Lipinski definition) is 3. The summed E-state index contributed by atoms with van der Waals surface area (Å²) in [7, 11) is 0. The van der Waals surface area contributed by atoms with Crippen molar-refractivity contribution in [3.8, 4) is 22.6 Å². The largest absolute Gasteiger partial charge is 0.391 e. The summed E-state index contributed by atoms with van der Waals surface area (Å²) in [5.41, 5.74) is 1.34. The summed E-state index contributed by atoms with van der Waals surface area (Å²) in [5.74, 6) is -0.770. The third kappa shape index (κ3) is 2.61. The predicted molar refractivity (Wildman–Crippen MR) is 78.2 cm³/mol. The Labute approximate surface area is 129 Å². The Kier molecular flexibility index (Phi) is 3.92. The molecule has 3 rings (SSSR count). The zero-order valence-electron chi connectivity index (χ0n) is 11.2. The van der Waals surface area contributed by atoms with Crippen molar-refractivity contribution in [3.05, 3.63) is 64.7 Å². The molecule has 0 amide bonds. The zero-order valence-corrected chi connectivity index (χ0v) is 11.9. The van der Waals surface area contributed by atoms with Crippen LogP contribution in [0.25, 0.3) is 22.6 Å². The number of aromatic nitrogens is 1. The highest BCUT2D eigenvalue weighted by atomic mass is 35.5. The molecule has 0 fully saturated rings. The van der Waals surface area contributed by atoms with Crippen LogP contribution in [0, 0.1) is 11.6 Å². The van der Waals surface area contributed by atoms with Crippen molar-refractivity contribution in [1.82, 2.24) is 5.16 Å². The fourth-order valence-electron chi connectivity index (χ4n) is 2.20. The lowest BCUT2D eigenvalue weighted by molar-refractivity contribution is 0.281. The molecule has 2 aromatic carbocycles. The minimum atomic E-state index is -0.494. The van der Waals surface area contributed by atoms with E-state index >= 15 is 0 Å². The van der Waals surface area contributed by atoms with E-state index in [0.717, 1.165) is 0 Å². The summed E-state index contributed by atoms with van der Waals surface area (Å²) in [4.78, 5) is 0. The molecule has 0 aliphatic heterocycles.